The minimum Gasteiger partial charge on any atom is -0.480 e. The third-order valence-corrected chi connectivity index (χ3v) is 2.36. The van der Waals surface area contributed by atoms with Crippen molar-refractivity contribution in [3.63, 3.8) is 0 Å². The van der Waals surface area contributed by atoms with E-state index in [0.29, 0.717) is 5.69 Å². The molecule has 5 heteroatoms. The zero-order chi connectivity index (χ0) is 13.0. The van der Waals surface area contributed by atoms with E-state index in [2.05, 4.69) is 10.6 Å². The number of hydrogen-bond donors (Lipinski definition) is 3. The van der Waals surface area contributed by atoms with Crippen LogP contribution in [0.2, 0.25) is 0 Å². The van der Waals surface area contributed by atoms with Gasteiger partial charge in [-0.2, -0.15) is 0 Å². The number of anilines is 1. The SMILES string of the molecule is Cc1ccc(C)c(NC(=O)N[C@@H](C)C(=O)O)c1. The highest BCUT2D eigenvalue weighted by atomic mass is 16.4. The summed E-state index contributed by atoms with van der Waals surface area (Å²) in [5.41, 5.74) is 2.63. The molecule has 0 aromatic heterocycles. The van der Waals surface area contributed by atoms with Crippen LogP contribution in [0.4, 0.5) is 10.5 Å². The van der Waals surface area contributed by atoms with E-state index in [1.165, 1.54) is 6.92 Å². The Morgan fingerprint density at radius 1 is 1.29 bits per heavy atom. The van der Waals surface area contributed by atoms with Crippen LogP contribution in [0.3, 0.4) is 0 Å². The monoisotopic (exact) mass is 236 g/mol. The molecule has 1 atom stereocenters. The summed E-state index contributed by atoms with van der Waals surface area (Å²) in [4.78, 5) is 22.1. The van der Waals surface area contributed by atoms with Crippen LogP contribution in [0.15, 0.2) is 18.2 Å². The van der Waals surface area contributed by atoms with Gasteiger partial charge in [-0.05, 0) is 38.0 Å². The van der Waals surface area contributed by atoms with Crippen molar-refractivity contribution < 1.29 is 14.7 Å². The minimum absolute atomic E-state index is 0.520. The standard InChI is InChI=1S/C12H16N2O3/c1-7-4-5-8(2)10(6-7)14-12(17)13-9(3)11(15)16/h4-6,9H,1-3H3,(H,15,16)(H2,13,14,17)/t9-/m0/s1. The molecule has 17 heavy (non-hydrogen) atoms. The molecular weight excluding hydrogens is 220 g/mol. The van der Waals surface area contributed by atoms with E-state index in [0.717, 1.165) is 11.1 Å². The van der Waals surface area contributed by atoms with Gasteiger partial charge in [0, 0.05) is 5.69 Å². The first kappa shape index (κ1) is 13.0. The molecule has 0 fully saturated rings. The molecule has 0 unspecified atom stereocenters. The van der Waals surface area contributed by atoms with Gasteiger partial charge in [0.05, 0.1) is 0 Å². The Morgan fingerprint density at radius 3 is 2.53 bits per heavy atom. The summed E-state index contributed by atoms with van der Waals surface area (Å²) in [6, 6.07) is 4.23. The molecule has 0 radical (unpaired) electrons. The fourth-order valence-electron chi connectivity index (χ4n) is 1.29. The van der Waals surface area contributed by atoms with Gasteiger partial charge in [0.1, 0.15) is 6.04 Å². The molecule has 0 aliphatic rings. The van der Waals surface area contributed by atoms with E-state index in [4.69, 9.17) is 5.11 Å². The molecule has 3 N–H and O–H groups in total. The average Bonchev–Trinajstić information content (AvgIpc) is 2.23. The topological polar surface area (TPSA) is 78.4 Å². The Bertz CT molecular complexity index is 443. The molecule has 0 spiro atoms. The number of carboxylic acid groups (broad SMARTS) is 1. The van der Waals surface area contributed by atoms with Gasteiger partial charge in [0.25, 0.3) is 0 Å². The molecule has 0 heterocycles. The van der Waals surface area contributed by atoms with Crippen molar-refractivity contribution in [1.29, 1.82) is 0 Å². The van der Waals surface area contributed by atoms with Gasteiger partial charge in [-0.15, -0.1) is 0 Å². The summed E-state index contributed by atoms with van der Waals surface area (Å²) in [5, 5.41) is 13.6. The van der Waals surface area contributed by atoms with Crippen molar-refractivity contribution in [2.75, 3.05) is 5.32 Å². The van der Waals surface area contributed by atoms with Crippen molar-refractivity contribution in [3.05, 3.63) is 29.3 Å². The van der Waals surface area contributed by atoms with Crippen LogP contribution < -0.4 is 10.6 Å². The van der Waals surface area contributed by atoms with E-state index >= 15 is 0 Å². The third kappa shape index (κ3) is 3.79. The lowest BCUT2D eigenvalue weighted by atomic mass is 10.1. The number of aryl methyl sites for hydroxylation is 2. The Hall–Kier alpha value is -2.04. The third-order valence-electron chi connectivity index (χ3n) is 2.36. The Morgan fingerprint density at radius 2 is 1.94 bits per heavy atom. The van der Waals surface area contributed by atoms with E-state index in [9.17, 15) is 9.59 Å². The summed E-state index contributed by atoms with van der Waals surface area (Å²) in [6.45, 7) is 5.20. The first-order chi connectivity index (χ1) is 7.90. The van der Waals surface area contributed by atoms with Crippen LogP contribution in [-0.4, -0.2) is 23.1 Å². The largest absolute Gasteiger partial charge is 0.480 e. The number of nitrogens with one attached hydrogen (secondary N) is 2. The van der Waals surface area contributed by atoms with Crippen LogP contribution in [-0.2, 0) is 4.79 Å². The molecule has 0 aliphatic carbocycles. The number of carbonyl (C=O) groups is 2. The van der Waals surface area contributed by atoms with E-state index in [1.54, 1.807) is 0 Å². The van der Waals surface area contributed by atoms with Gasteiger partial charge in [-0.25, -0.2) is 4.79 Å². The average molecular weight is 236 g/mol. The maximum absolute atomic E-state index is 11.5. The smallest absolute Gasteiger partial charge is 0.325 e. The van der Waals surface area contributed by atoms with Crippen LogP contribution in [0.5, 0.6) is 0 Å². The second kappa shape index (κ2) is 5.34. The number of aliphatic carboxylic acids is 1. The molecule has 0 aliphatic heterocycles. The lowest BCUT2D eigenvalue weighted by Crippen LogP contribution is -2.40. The number of urea groups is 1. The number of carbonyl (C=O) groups excluding carboxylic acids is 1. The van der Waals surface area contributed by atoms with Gasteiger partial charge < -0.3 is 15.7 Å². The van der Waals surface area contributed by atoms with E-state index < -0.39 is 18.0 Å². The van der Waals surface area contributed by atoms with Gasteiger partial charge in [0.15, 0.2) is 0 Å². The Labute approximate surface area is 99.8 Å². The van der Waals surface area contributed by atoms with Crippen molar-refractivity contribution >= 4 is 17.7 Å². The molecule has 0 saturated carbocycles. The van der Waals surface area contributed by atoms with Crippen LogP contribution in [0.25, 0.3) is 0 Å². The van der Waals surface area contributed by atoms with Gasteiger partial charge in [-0.1, -0.05) is 12.1 Å². The van der Waals surface area contributed by atoms with Crippen molar-refractivity contribution in [2.45, 2.75) is 26.8 Å². The fourth-order valence-corrected chi connectivity index (χ4v) is 1.29. The van der Waals surface area contributed by atoms with Crippen LogP contribution in [0.1, 0.15) is 18.1 Å². The zero-order valence-electron chi connectivity index (χ0n) is 10.1. The normalized spacial score (nSPS) is 11.7. The number of hydrogen-bond acceptors (Lipinski definition) is 2. The summed E-state index contributed by atoms with van der Waals surface area (Å²) in [5.74, 6) is -1.07. The molecule has 0 bridgehead atoms. The summed E-state index contributed by atoms with van der Waals surface area (Å²) in [7, 11) is 0. The minimum atomic E-state index is -1.07. The van der Waals surface area contributed by atoms with Crippen molar-refractivity contribution in [3.8, 4) is 0 Å². The predicted octanol–water partition coefficient (Wildman–Crippen LogP) is 1.90. The summed E-state index contributed by atoms with van der Waals surface area (Å²) in [6.07, 6.45) is 0. The molecule has 2 amide bonds. The number of carboxylic acids is 1. The van der Waals surface area contributed by atoms with E-state index in [1.807, 2.05) is 32.0 Å². The second-order valence-corrected chi connectivity index (χ2v) is 3.98. The molecule has 1 aromatic rings. The van der Waals surface area contributed by atoms with Crippen LogP contribution >= 0.6 is 0 Å². The molecule has 0 saturated heterocycles. The van der Waals surface area contributed by atoms with Crippen molar-refractivity contribution in [1.82, 2.24) is 5.32 Å². The number of rotatable bonds is 3. The molecular formula is C12H16N2O3. The maximum Gasteiger partial charge on any atom is 0.325 e. The van der Waals surface area contributed by atoms with Gasteiger partial charge >= 0.3 is 12.0 Å². The fraction of sp³-hybridized carbons (Fsp3) is 0.333. The lowest BCUT2D eigenvalue weighted by molar-refractivity contribution is -0.138. The van der Waals surface area contributed by atoms with Crippen LogP contribution in [0, 0.1) is 13.8 Å². The second-order valence-electron chi connectivity index (χ2n) is 3.98. The van der Waals surface area contributed by atoms with Gasteiger partial charge in [0.2, 0.25) is 0 Å². The Balaban J connectivity index is 2.68. The zero-order valence-corrected chi connectivity index (χ0v) is 10.1. The number of amides is 2. The maximum atomic E-state index is 11.5. The Kier molecular flexibility index (Phi) is 4.09. The van der Waals surface area contributed by atoms with Crippen molar-refractivity contribution in [2.24, 2.45) is 0 Å². The molecule has 5 nitrogen and oxygen atoms in total. The number of benzene rings is 1. The molecule has 1 aromatic carbocycles. The first-order valence-electron chi connectivity index (χ1n) is 5.27. The summed E-state index contributed by atoms with van der Waals surface area (Å²) >= 11 is 0. The summed E-state index contributed by atoms with van der Waals surface area (Å²) < 4.78 is 0. The predicted molar refractivity (Wildman–Crippen MR) is 65.2 cm³/mol. The molecule has 1 rings (SSSR count). The highest BCUT2D eigenvalue weighted by Crippen LogP contribution is 2.15. The van der Waals surface area contributed by atoms with E-state index in [-0.39, 0.29) is 0 Å². The highest BCUT2D eigenvalue weighted by Gasteiger charge is 2.14. The molecule has 92 valence electrons. The van der Waals surface area contributed by atoms with Gasteiger partial charge in [-0.3, -0.25) is 4.79 Å². The lowest BCUT2D eigenvalue weighted by Gasteiger charge is -2.12. The quantitative estimate of drug-likeness (QED) is 0.750. The first-order valence-corrected chi connectivity index (χ1v) is 5.27. The highest BCUT2D eigenvalue weighted by molar-refractivity contribution is 5.92.